The van der Waals surface area contributed by atoms with Crippen LogP contribution < -0.4 is 0 Å². The molecule has 0 radical (unpaired) electrons. The third-order valence-electron chi connectivity index (χ3n) is 26.1. The van der Waals surface area contributed by atoms with E-state index in [-0.39, 0.29) is 0 Å². The molecule has 0 aliphatic carbocycles. The second kappa shape index (κ2) is 29.5. The fraction of sp³-hybridized carbons (Fsp3) is 0. The first-order chi connectivity index (χ1) is 62.5. The van der Waals surface area contributed by atoms with Gasteiger partial charge in [0.05, 0.1) is 66.2 Å². The van der Waals surface area contributed by atoms with Gasteiger partial charge in [0.15, 0.2) is 0 Å². The van der Waals surface area contributed by atoms with Gasteiger partial charge in [-0.1, -0.05) is 322 Å². The zero-order valence-corrected chi connectivity index (χ0v) is 68.7. The van der Waals surface area contributed by atoms with Gasteiger partial charge >= 0.3 is 0 Å². The Morgan fingerprint density at radius 1 is 0.103 bits per heavy atom. The molecule has 0 aliphatic heterocycles. The lowest BCUT2D eigenvalue weighted by Crippen LogP contribution is -1.98. The van der Waals surface area contributed by atoms with E-state index in [1.165, 1.54) is 198 Å². The van der Waals surface area contributed by atoms with Gasteiger partial charge in [-0.15, -0.1) is 0 Å². The number of benzene rings is 20. The number of hydrogen-bond acceptors (Lipinski definition) is 0. The summed E-state index contributed by atoms with van der Waals surface area (Å²) in [4.78, 5) is 0. The van der Waals surface area contributed by atoms with Crippen molar-refractivity contribution < 1.29 is 0 Å². The van der Waals surface area contributed by atoms with Crippen molar-refractivity contribution >= 4 is 131 Å². The lowest BCUT2D eigenvalue weighted by atomic mass is 10.00. The fourth-order valence-electron chi connectivity index (χ4n) is 20.3. The van der Waals surface area contributed by atoms with Crippen molar-refractivity contribution in [2.24, 2.45) is 0 Å². The second-order valence-electron chi connectivity index (χ2n) is 33.1. The Labute approximate surface area is 727 Å². The second-order valence-corrected chi connectivity index (χ2v) is 33.1. The first kappa shape index (κ1) is 72.1. The Bertz CT molecular complexity index is 8770. The molecule has 0 saturated carbocycles. The van der Waals surface area contributed by atoms with E-state index >= 15 is 0 Å². The van der Waals surface area contributed by atoms with Crippen LogP contribution in [0, 0.1) is 0 Å². The molecule has 126 heavy (non-hydrogen) atoms. The number of rotatable bonds is 12. The molecule has 6 nitrogen and oxygen atoms in total. The minimum atomic E-state index is 1.13. The monoisotopic (exact) mass is 1600 g/mol. The molecule has 6 aromatic heterocycles. The van der Waals surface area contributed by atoms with Crippen LogP contribution in [0.2, 0.25) is 0 Å². The highest BCUT2D eigenvalue weighted by molar-refractivity contribution is 6.28. The van der Waals surface area contributed by atoms with E-state index in [1.54, 1.807) is 0 Å². The maximum Gasteiger partial charge on any atom is 0.0788 e. The predicted octanol–water partition coefficient (Wildman–Crippen LogP) is 32.0. The van der Waals surface area contributed by atoms with Crippen molar-refractivity contribution in [3.8, 4) is 101 Å². The summed E-state index contributed by atoms with van der Waals surface area (Å²) in [7, 11) is 0. The summed E-state index contributed by atoms with van der Waals surface area (Å²) < 4.78 is 14.7. The van der Waals surface area contributed by atoms with Crippen LogP contribution in [0.5, 0.6) is 0 Å². The molecule has 20 aromatic carbocycles. The first-order valence-electron chi connectivity index (χ1n) is 43.4. The summed E-state index contributed by atoms with van der Waals surface area (Å²) >= 11 is 0. The SMILES string of the molecule is c1ccc(-c2ccc(-n3c4ccccc4c4cc(-c5ccc6c(c5)c5c(ccc7c8ccccc8n(-c8ccccc8)c75)n6-c5cccc(-c6ccccc6)c5)ccc43)cc2)cc1.c1ccc(-c2ccc(-n3c4ccccc4c4cc(-c5ccc6c(c5)c5ccc7c8ccccc8n(-c8ccccc8)c7c5n6-c5cccc(-c6ccccc6)c5)ccc43)cc2)cc1. The lowest BCUT2D eigenvalue weighted by Gasteiger charge is -2.13. The highest BCUT2D eigenvalue weighted by Crippen LogP contribution is 2.48. The lowest BCUT2D eigenvalue weighted by molar-refractivity contribution is 1.15. The number of nitrogens with zero attached hydrogens (tertiary/aromatic N) is 6. The molecule has 588 valence electrons. The number of aromatic nitrogens is 6. The molecule has 0 fully saturated rings. The van der Waals surface area contributed by atoms with Crippen LogP contribution in [0.25, 0.3) is 232 Å². The van der Waals surface area contributed by atoms with Crippen molar-refractivity contribution in [3.63, 3.8) is 0 Å². The summed E-state index contributed by atoms with van der Waals surface area (Å²) in [5, 5.41) is 14.8. The molecule has 26 aromatic rings. The van der Waals surface area contributed by atoms with E-state index in [0.717, 1.165) is 34.1 Å². The Hall–Kier alpha value is -16.8. The van der Waals surface area contributed by atoms with Crippen LogP contribution >= 0.6 is 0 Å². The first-order valence-corrected chi connectivity index (χ1v) is 43.4. The molecule has 26 rings (SSSR count). The summed E-state index contributed by atoms with van der Waals surface area (Å²) in [6.45, 7) is 0. The van der Waals surface area contributed by atoms with E-state index in [4.69, 9.17) is 0 Å². The van der Waals surface area contributed by atoms with E-state index in [9.17, 15) is 0 Å². The van der Waals surface area contributed by atoms with Gasteiger partial charge in [-0.2, -0.15) is 0 Å². The molecule has 0 spiro atoms. The molecule has 0 N–H and O–H groups in total. The average Bonchev–Trinajstić information content (AvgIpc) is 1.55. The fourth-order valence-corrected chi connectivity index (χ4v) is 20.3. The van der Waals surface area contributed by atoms with Crippen LogP contribution in [0.15, 0.2) is 473 Å². The van der Waals surface area contributed by atoms with Crippen molar-refractivity contribution in [2.45, 2.75) is 0 Å². The zero-order chi connectivity index (χ0) is 82.9. The van der Waals surface area contributed by atoms with Gasteiger partial charge in [0, 0.05) is 98.8 Å². The zero-order valence-electron chi connectivity index (χ0n) is 68.7. The summed E-state index contributed by atoms with van der Waals surface area (Å²) in [5.41, 5.74) is 35.6. The van der Waals surface area contributed by atoms with E-state index in [0.29, 0.717) is 0 Å². The van der Waals surface area contributed by atoms with Crippen LogP contribution in [-0.2, 0) is 0 Å². The molecular weight excluding hydrogens is 1530 g/mol. The molecule has 0 unspecified atom stereocenters. The quantitative estimate of drug-likeness (QED) is 0.117. The summed E-state index contributed by atoms with van der Waals surface area (Å²) in [6.07, 6.45) is 0. The van der Waals surface area contributed by atoms with E-state index in [1.807, 2.05) is 0 Å². The molecule has 6 heteroatoms. The van der Waals surface area contributed by atoms with Crippen molar-refractivity contribution in [3.05, 3.63) is 473 Å². The van der Waals surface area contributed by atoms with E-state index in [2.05, 4.69) is 501 Å². The Morgan fingerprint density at radius 2 is 0.325 bits per heavy atom. The number of para-hydroxylation sites is 6. The average molecular weight is 1600 g/mol. The number of hydrogen-bond donors (Lipinski definition) is 0. The van der Waals surface area contributed by atoms with Crippen LogP contribution in [0.3, 0.4) is 0 Å². The molecule has 6 heterocycles. The Balaban J connectivity index is 0.000000137. The van der Waals surface area contributed by atoms with Gasteiger partial charge in [0.1, 0.15) is 0 Å². The summed E-state index contributed by atoms with van der Waals surface area (Å²) in [5.74, 6) is 0. The largest absolute Gasteiger partial charge is 0.309 e. The third kappa shape index (κ3) is 11.7. The number of fused-ring (bicyclic) bond motifs is 20. The van der Waals surface area contributed by atoms with Crippen molar-refractivity contribution in [1.82, 2.24) is 27.4 Å². The molecule has 0 amide bonds. The van der Waals surface area contributed by atoms with Gasteiger partial charge in [0.25, 0.3) is 0 Å². The maximum atomic E-state index is 2.50. The van der Waals surface area contributed by atoms with Gasteiger partial charge in [-0.3, -0.25) is 0 Å². The Morgan fingerprint density at radius 3 is 0.746 bits per heavy atom. The summed E-state index contributed by atoms with van der Waals surface area (Å²) in [6, 6.07) is 173. The van der Waals surface area contributed by atoms with Gasteiger partial charge in [-0.25, -0.2) is 0 Å². The van der Waals surface area contributed by atoms with Crippen LogP contribution in [0.4, 0.5) is 0 Å². The highest BCUT2D eigenvalue weighted by Gasteiger charge is 2.26. The van der Waals surface area contributed by atoms with Crippen molar-refractivity contribution in [2.75, 3.05) is 0 Å². The molecule has 0 aliphatic rings. The standard InChI is InChI=1S/2C60H39N3/c1-4-15-40(16-5-1)42-27-31-47(32-28-42)61-55-25-12-11-24-50(55)53-38-44(29-35-57(53)61)45-30-36-58-54(39-45)52-34-33-51-49-23-10-13-26-56(49)62(46-20-8-3-9-21-46)59(51)60(52)63(58)48-22-14-19-43(37-48)41-17-6-2-7-18-41;1-4-15-40(16-5-1)42-27-31-47(32-28-42)61-54-25-12-11-24-50(54)52-38-44(29-34-56(52)61)45-30-35-57-53(39-45)59-58(62(57)48-22-14-19-43(37-48)41-17-6-2-7-18-41)36-33-51-49-23-10-13-26-55(49)63(60(51)59)46-20-8-3-9-21-46/h2*1-39H. The molecular formula is C120H78N6. The smallest absolute Gasteiger partial charge is 0.0788 e. The molecule has 0 bridgehead atoms. The Kier molecular flexibility index (Phi) is 16.9. The highest BCUT2D eigenvalue weighted by atomic mass is 15.1. The van der Waals surface area contributed by atoms with Crippen LogP contribution in [-0.4, -0.2) is 27.4 Å². The van der Waals surface area contributed by atoms with Gasteiger partial charge in [0.2, 0.25) is 0 Å². The minimum Gasteiger partial charge on any atom is -0.309 e. The van der Waals surface area contributed by atoms with Crippen LogP contribution in [0.1, 0.15) is 0 Å². The van der Waals surface area contributed by atoms with Crippen molar-refractivity contribution in [1.29, 1.82) is 0 Å². The third-order valence-corrected chi connectivity index (χ3v) is 26.1. The maximum absolute atomic E-state index is 2.50. The normalized spacial score (nSPS) is 11.8. The topological polar surface area (TPSA) is 29.6 Å². The minimum absolute atomic E-state index is 1.13. The van der Waals surface area contributed by atoms with Gasteiger partial charge < -0.3 is 27.4 Å². The van der Waals surface area contributed by atoms with Gasteiger partial charge in [-0.05, 0) is 218 Å². The molecule has 0 saturated heterocycles. The predicted molar refractivity (Wildman–Crippen MR) is 532 cm³/mol. The molecule has 0 atom stereocenters. The van der Waals surface area contributed by atoms with E-state index < -0.39 is 0 Å².